The van der Waals surface area contributed by atoms with Crippen molar-refractivity contribution < 1.29 is 17.9 Å². The number of nitrogens with one attached hydrogen (secondary N) is 1. The molecular weight excluding hydrogens is 303 g/mol. The predicted molar refractivity (Wildman–Crippen MR) is 86.0 cm³/mol. The van der Waals surface area contributed by atoms with Crippen LogP contribution in [-0.2, 0) is 6.18 Å². The lowest BCUT2D eigenvalue weighted by Crippen LogP contribution is -2.12. The maximum atomic E-state index is 12.6. The summed E-state index contributed by atoms with van der Waals surface area (Å²) in [6, 6.07) is 13.0. The fraction of sp³-hybridized carbons (Fsp3) is 0.333. The first-order chi connectivity index (χ1) is 10.9. The number of anilines is 1. The highest BCUT2D eigenvalue weighted by atomic mass is 19.4. The monoisotopic (exact) mass is 323 g/mol. The lowest BCUT2D eigenvalue weighted by molar-refractivity contribution is -0.137. The molecule has 0 atom stereocenters. The molecule has 2 rings (SSSR count). The van der Waals surface area contributed by atoms with Crippen LogP contribution in [0.2, 0.25) is 0 Å². The molecule has 2 nitrogen and oxygen atoms in total. The first kappa shape index (κ1) is 17.2. The van der Waals surface area contributed by atoms with Crippen LogP contribution in [0.1, 0.15) is 30.9 Å². The maximum Gasteiger partial charge on any atom is 0.416 e. The van der Waals surface area contributed by atoms with Crippen LogP contribution in [0.25, 0.3) is 0 Å². The summed E-state index contributed by atoms with van der Waals surface area (Å²) in [5.74, 6) is 1.21. The van der Waals surface area contributed by atoms with Crippen molar-refractivity contribution in [2.75, 3.05) is 18.5 Å². The van der Waals surface area contributed by atoms with Crippen LogP contribution < -0.4 is 10.1 Å². The summed E-state index contributed by atoms with van der Waals surface area (Å²) >= 11 is 0. The molecule has 2 aromatic carbocycles. The van der Waals surface area contributed by atoms with Gasteiger partial charge in [-0.25, -0.2) is 0 Å². The van der Waals surface area contributed by atoms with E-state index in [0.717, 1.165) is 17.9 Å². The Morgan fingerprint density at radius 1 is 1.04 bits per heavy atom. The second kappa shape index (κ2) is 7.40. The summed E-state index contributed by atoms with van der Waals surface area (Å²) in [4.78, 5) is 0. The van der Waals surface area contributed by atoms with Crippen molar-refractivity contribution in [1.29, 1.82) is 0 Å². The van der Waals surface area contributed by atoms with E-state index in [0.29, 0.717) is 24.8 Å². The van der Waals surface area contributed by atoms with Crippen LogP contribution in [0, 0.1) is 0 Å². The zero-order valence-corrected chi connectivity index (χ0v) is 13.2. The molecule has 0 aliphatic carbocycles. The van der Waals surface area contributed by atoms with Crippen LogP contribution in [0.5, 0.6) is 5.75 Å². The number of benzene rings is 2. The molecule has 0 aliphatic heterocycles. The van der Waals surface area contributed by atoms with Gasteiger partial charge in [0.2, 0.25) is 0 Å². The van der Waals surface area contributed by atoms with Gasteiger partial charge in [0.1, 0.15) is 12.4 Å². The zero-order valence-electron chi connectivity index (χ0n) is 13.2. The fourth-order valence-electron chi connectivity index (χ4n) is 2.12. The Morgan fingerprint density at radius 3 is 2.35 bits per heavy atom. The summed E-state index contributed by atoms with van der Waals surface area (Å²) < 4.78 is 43.4. The van der Waals surface area contributed by atoms with Crippen molar-refractivity contribution in [3.05, 3.63) is 59.7 Å². The molecular formula is C18H20F3NO. The van der Waals surface area contributed by atoms with Gasteiger partial charge in [-0.2, -0.15) is 13.2 Å². The van der Waals surface area contributed by atoms with Gasteiger partial charge in [-0.1, -0.05) is 32.0 Å². The Morgan fingerprint density at radius 2 is 1.74 bits per heavy atom. The van der Waals surface area contributed by atoms with E-state index in [9.17, 15) is 13.2 Å². The Bertz CT molecular complexity index is 621. The molecule has 0 fully saturated rings. The van der Waals surface area contributed by atoms with Crippen molar-refractivity contribution in [3.8, 4) is 5.75 Å². The summed E-state index contributed by atoms with van der Waals surface area (Å²) in [6.45, 7) is 5.04. The number of hydrogen-bond acceptors (Lipinski definition) is 2. The molecule has 0 heterocycles. The average molecular weight is 323 g/mol. The minimum absolute atomic E-state index is 0.372. The zero-order chi connectivity index (χ0) is 16.9. The van der Waals surface area contributed by atoms with E-state index in [4.69, 9.17) is 4.74 Å². The molecule has 2 aromatic rings. The van der Waals surface area contributed by atoms with E-state index in [1.165, 1.54) is 11.6 Å². The van der Waals surface area contributed by atoms with E-state index in [1.54, 1.807) is 6.07 Å². The van der Waals surface area contributed by atoms with E-state index in [2.05, 4.69) is 19.2 Å². The van der Waals surface area contributed by atoms with Gasteiger partial charge in [0, 0.05) is 12.2 Å². The molecule has 0 aliphatic rings. The van der Waals surface area contributed by atoms with Crippen LogP contribution in [-0.4, -0.2) is 13.2 Å². The van der Waals surface area contributed by atoms with Crippen molar-refractivity contribution >= 4 is 5.69 Å². The van der Waals surface area contributed by atoms with Crippen molar-refractivity contribution in [2.24, 2.45) is 0 Å². The standard InChI is InChI=1S/C18H20F3NO/c1-13(2)14-6-8-17(9-7-14)23-11-10-22-16-5-3-4-15(12-16)18(19,20)21/h3-9,12-13,22H,10-11H2,1-2H3. The SMILES string of the molecule is CC(C)c1ccc(OCCNc2cccc(C(F)(F)F)c2)cc1. The van der Waals surface area contributed by atoms with Crippen LogP contribution in [0.4, 0.5) is 18.9 Å². The third-order valence-electron chi connectivity index (χ3n) is 3.44. The first-order valence-electron chi connectivity index (χ1n) is 7.50. The van der Waals surface area contributed by atoms with Gasteiger partial charge in [-0.05, 0) is 41.8 Å². The van der Waals surface area contributed by atoms with Crippen LogP contribution in [0.15, 0.2) is 48.5 Å². The Kier molecular flexibility index (Phi) is 5.53. The molecule has 0 aromatic heterocycles. The highest BCUT2D eigenvalue weighted by Crippen LogP contribution is 2.30. The number of halogens is 3. The summed E-state index contributed by atoms with van der Waals surface area (Å²) in [5, 5.41) is 2.93. The van der Waals surface area contributed by atoms with Gasteiger partial charge in [-0.3, -0.25) is 0 Å². The van der Waals surface area contributed by atoms with Crippen molar-refractivity contribution in [3.63, 3.8) is 0 Å². The molecule has 23 heavy (non-hydrogen) atoms. The highest BCUT2D eigenvalue weighted by molar-refractivity contribution is 5.46. The minimum Gasteiger partial charge on any atom is -0.492 e. The topological polar surface area (TPSA) is 21.3 Å². The smallest absolute Gasteiger partial charge is 0.416 e. The number of ether oxygens (including phenoxy) is 1. The maximum absolute atomic E-state index is 12.6. The molecule has 5 heteroatoms. The van der Waals surface area contributed by atoms with Gasteiger partial charge in [0.05, 0.1) is 5.56 Å². The molecule has 124 valence electrons. The van der Waals surface area contributed by atoms with E-state index >= 15 is 0 Å². The van der Waals surface area contributed by atoms with Gasteiger partial charge in [0.15, 0.2) is 0 Å². The van der Waals surface area contributed by atoms with E-state index in [1.807, 2.05) is 24.3 Å². The number of rotatable bonds is 6. The molecule has 0 radical (unpaired) electrons. The van der Waals surface area contributed by atoms with Crippen molar-refractivity contribution in [1.82, 2.24) is 0 Å². The summed E-state index contributed by atoms with van der Waals surface area (Å²) in [5.41, 5.74) is 1.01. The molecule has 0 unspecified atom stereocenters. The van der Waals surface area contributed by atoms with Crippen LogP contribution >= 0.6 is 0 Å². The second-order valence-corrected chi connectivity index (χ2v) is 5.58. The minimum atomic E-state index is -4.33. The predicted octanol–water partition coefficient (Wildman–Crippen LogP) is 5.32. The fourth-order valence-corrected chi connectivity index (χ4v) is 2.12. The molecule has 0 amide bonds. The van der Waals surface area contributed by atoms with Gasteiger partial charge >= 0.3 is 6.18 Å². The molecule has 0 spiro atoms. The van der Waals surface area contributed by atoms with E-state index in [-0.39, 0.29) is 0 Å². The number of alkyl halides is 3. The average Bonchev–Trinajstić information content (AvgIpc) is 2.51. The Hall–Kier alpha value is -2.17. The first-order valence-corrected chi connectivity index (χ1v) is 7.50. The third-order valence-corrected chi connectivity index (χ3v) is 3.44. The number of hydrogen-bond donors (Lipinski definition) is 1. The normalized spacial score (nSPS) is 11.6. The second-order valence-electron chi connectivity index (χ2n) is 5.58. The van der Waals surface area contributed by atoms with Gasteiger partial charge < -0.3 is 10.1 Å². The third kappa shape index (κ3) is 5.20. The Labute approximate surface area is 134 Å². The molecule has 1 N–H and O–H groups in total. The Balaban J connectivity index is 1.81. The quantitative estimate of drug-likeness (QED) is 0.727. The largest absolute Gasteiger partial charge is 0.492 e. The lowest BCUT2D eigenvalue weighted by atomic mass is 10.0. The molecule has 0 saturated heterocycles. The van der Waals surface area contributed by atoms with Gasteiger partial charge in [0.25, 0.3) is 0 Å². The summed E-state index contributed by atoms with van der Waals surface area (Å²) in [6.07, 6.45) is -4.33. The van der Waals surface area contributed by atoms with E-state index < -0.39 is 11.7 Å². The molecule has 0 saturated carbocycles. The van der Waals surface area contributed by atoms with Crippen molar-refractivity contribution in [2.45, 2.75) is 25.9 Å². The van der Waals surface area contributed by atoms with Crippen LogP contribution in [0.3, 0.4) is 0 Å². The lowest BCUT2D eigenvalue weighted by Gasteiger charge is -2.12. The van der Waals surface area contributed by atoms with Gasteiger partial charge in [-0.15, -0.1) is 0 Å². The molecule has 0 bridgehead atoms. The summed E-state index contributed by atoms with van der Waals surface area (Å²) in [7, 11) is 0. The highest BCUT2D eigenvalue weighted by Gasteiger charge is 2.30.